The normalized spacial score (nSPS) is 17.5. The Morgan fingerprint density at radius 3 is 2.19 bits per heavy atom. The van der Waals surface area contributed by atoms with Crippen LogP contribution in [0, 0.1) is 5.41 Å². The highest BCUT2D eigenvalue weighted by atomic mass is 16.7. The summed E-state index contributed by atoms with van der Waals surface area (Å²) in [7, 11) is 4.85. The van der Waals surface area contributed by atoms with Gasteiger partial charge in [0.15, 0.2) is 6.10 Å². The minimum atomic E-state index is -1.32. The number of aliphatic carboxylic acids is 2. The number of benzene rings is 4. The van der Waals surface area contributed by atoms with Gasteiger partial charge in [0.25, 0.3) is 0 Å². The van der Waals surface area contributed by atoms with Crippen molar-refractivity contribution in [3.63, 3.8) is 0 Å². The van der Waals surface area contributed by atoms with Crippen molar-refractivity contribution in [3.05, 3.63) is 136 Å². The molecule has 2 aliphatic heterocycles. The minimum Gasteiger partial charge on any atom is -0.479 e. The third-order valence-corrected chi connectivity index (χ3v) is 15.4. The summed E-state index contributed by atoms with van der Waals surface area (Å²) in [5.41, 5.74) is 11.1. The van der Waals surface area contributed by atoms with Gasteiger partial charge in [0.1, 0.15) is 18.4 Å². The average Bonchev–Trinajstić information content (AvgIpc) is 1.11. The highest BCUT2D eigenvalue weighted by molar-refractivity contribution is 6.01. The van der Waals surface area contributed by atoms with Crippen molar-refractivity contribution in [3.8, 4) is 5.75 Å². The zero-order valence-electron chi connectivity index (χ0n) is 51.4. The molecule has 0 bridgehead atoms. The highest BCUT2D eigenvalue weighted by Crippen LogP contribution is 2.37. The highest BCUT2D eigenvalue weighted by Gasteiger charge is 2.41. The first-order valence-electron chi connectivity index (χ1n) is 29.1. The summed E-state index contributed by atoms with van der Waals surface area (Å²) < 4.78 is 17.3. The molecule has 0 aliphatic carbocycles. The Labute approximate surface area is 513 Å². The van der Waals surface area contributed by atoms with Gasteiger partial charge in [0.2, 0.25) is 35.8 Å². The molecule has 0 aromatic heterocycles. The second-order valence-corrected chi connectivity index (χ2v) is 23.6. The Morgan fingerprint density at radius 2 is 1.51 bits per heavy atom. The summed E-state index contributed by atoms with van der Waals surface area (Å²) >= 11 is 0. The molecule has 0 saturated carbocycles. The summed E-state index contributed by atoms with van der Waals surface area (Å²) in [6.07, 6.45) is -2.03. The topological polar surface area (TPSA) is 347 Å². The number of carboxylic acid groups (broad SMARTS) is 2. The smallest absolute Gasteiger partial charge is 0.411 e. The number of fused-ring (bicyclic) bond motifs is 2. The van der Waals surface area contributed by atoms with Crippen LogP contribution >= 0.6 is 0 Å². The summed E-state index contributed by atoms with van der Waals surface area (Å²) in [6.45, 7) is 10.5. The van der Waals surface area contributed by atoms with E-state index in [2.05, 4.69) is 26.6 Å². The number of likely N-dealkylation sites (N-methyl/N-ethyl adjacent to an activating group) is 2. The number of nitrogens with zero attached hydrogens (tertiary/aromatic N) is 3. The lowest BCUT2D eigenvalue weighted by molar-refractivity contribution is -0.195. The predicted molar refractivity (Wildman–Crippen MR) is 330 cm³/mol. The average molecular weight is 1220 g/mol. The summed E-state index contributed by atoms with van der Waals surface area (Å²) in [4.78, 5) is 107. The van der Waals surface area contributed by atoms with E-state index < -0.39 is 77.2 Å². The Morgan fingerprint density at radius 1 is 0.830 bits per heavy atom. The zero-order valence-corrected chi connectivity index (χ0v) is 51.4. The first kappa shape index (κ1) is 68.3. The van der Waals surface area contributed by atoms with Gasteiger partial charge in [0.05, 0.1) is 35.8 Å². The van der Waals surface area contributed by atoms with Crippen molar-refractivity contribution in [1.82, 2.24) is 31.2 Å². The van der Waals surface area contributed by atoms with Crippen LogP contribution in [0.3, 0.4) is 0 Å². The van der Waals surface area contributed by atoms with Crippen molar-refractivity contribution >= 4 is 70.3 Å². The van der Waals surface area contributed by atoms with Gasteiger partial charge in [-0.25, -0.2) is 20.2 Å². The van der Waals surface area contributed by atoms with Gasteiger partial charge in [-0.3, -0.25) is 29.3 Å². The molecular weight excluding hydrogens is 1130 g/mol. The van der Waals surface area contributed by atoms with Crippen molar-refractivity contribution in [2.75, 3.05) is 44.4 Å². The second-order valence-electron chi connectivity index (χ2n) is 23.6. The van der Waals surface area contributed by atoms with Gasteiger partial charge in [-0.1, -0.05) is 101 Å². The van der Waals surface area contributed by atoms with Crippen LogP contribution in [0.1, 0.15) is 120 Å². The maximum Gasteiger partial charge on any atom is 0.411 e. The van der Waals surface area contributed by atoms with Gasteiger partial charge < -0.3 is 71.3 Å². The Bertz CT molecular complexity index is 3270. The first-order chi connectivity index (χ1) is 41.6. The standard InChI is InChI=1S/C64H84N10O14/c1-38(60(81)82)28-30-72(8)59(80)57(63(2,3)4)71-58(79)56(67-7)64(5,6)42-18-16-19-43(32-42)70-62(85)86-37-39-25-26-48(87-53-34-44(75)33-49(88-53)61(83)84)41(31-39)35-69-51(77)27-29-68-50(76)23-14-15-24-52(78)74-36-40-17-10-11-20-45(40)54(65)55(73(9)66)46-21-12-13-22-47(46)74/h10-13,16-22,25-26,28,31-32,44,49,53,56-57,67,75H,14-15,23-24,27,29-30,33-37,65-66H2,1-9H3,(H,68,76)(H,69,77)(H,70,85)(H,71,79)(H,81,82)(H,83,84)/b38-28+,55-54-. The molecule has 5 unspecified atom stereocenters. The van der Waals surface area contributed by atoms with E-state index in [1.165, 1.54) is 30.0 Å². The van der Waals surface area contributed by atoms with Crippen LogP contribution in [0.4, 0.5) is 16.2 Å². The molecule has 1 saturated heterocycles. The molecule has 6 rings (SSSR count). The van der Waals surface area contributed by atoms with E-state index in [1.54, 1.807) is 61.5 Å². The van der Waals surface area contributed by atoms with Crippen molar-refractivity contribution in [2.24, 2.45) is 17.0 Å². The van der Waals surface area contributed by atoms with E-state index in [-0.39, 0.29) is 88.0 Å². The number of ether oxygens (including phenoxy) is 3. The summed E-state index contributed by atoms with van der Waals surface area (Å²) in [5, 5.41) is 45.1. The summed E-state index contributed by atoms with van der Waals surface area (Å²) in [5.74, 6) is 2.39. The van der Waals surface area contributed by atoms with Gasteiger partial charge in [-0.15, -0.1) is 0 Å². The molecule has 5 atom stereocenters. The van der Waals surface area contributed by atoms with Crippen LogP contribution < -0.4 is 47.8 Å². The fourth-order valence-electron chi connectivity index (χ4n) is 10.4. The fourth-order valence-corrected chi connectivity index (χ4v) is 10.4. The van der Waals surface area contributed by atoms with Crippen LogP contribution in [0.25, 0.3) is 11.4 Å². The minimum absolute atomic E-state index is 0.0146. The molecule has 4 aromatic rings. The van der Waals surface area contributed by atoms with Gasteiger partial charge in [-0.05, 0) is 79.3 Å². The Kier molecular flexibility index (Phi) is 23.8. The quantitative estimate of drug-likeness (QED) is 0.0161. The number of aliphatic hydroxyl groups excluding tert-OH is 1. The zero-order chi connectivity index (χ0) is 64.6. The number of amides is 6. The van der Waals surface area contributed by atoms with Crippen LogP contribution in [0.5, 0.6) is 5.75 Å². The van der Waals surface area contributed by atoms with Crippen molar-refractivity contribution in [2.45, 2.75) is 142 Å². The number of anilines is 2. The number of nitrogens with one attached hydrogen (secondary N) is 5. The molecule has 1 fully saturated rings. The Balaban J connectivity index is 1.03. The lowest BCUT2D eigenvalue weighted by Crippen LogP contribution is -2.60. The lowest BCUT2D eigenvalue weighted by Gasteiger charge is -2.38. The van der Waals surface area contributed by atoms with E-state index >= 15 is 0 Å². The van der Waals surface area contributed by atoms with Crippen LogP contribution in [-0.2, 0) is 68.1 Å². The number of rotatable bonds is 26. The summed E-state index contributed by atoms with van der Waals surface area (Å²) in [6, 6.07) is 24.8. The molecular formula is C64H84N10O14. The molecule has 4 aromatic carbocycles. The number of hydrogen-bond donors (Lipinski definition) is 10. The number of hydrazine groups is 1. The largest absolute Gasteiger partial charge is 0.479 e. The van der Waals surface area contributed by atoms with Crippen LogP contribution in [0.15, 0.2) is 103 Å². The number of unbranched alkanes of at least 4 members (excludes halogenated alkanes) is 1. The molecule has 24 heteroatoms. The number of carbonyl (C=O) groups excluding carboxylic acids is 6. The van der Waals surface area contributed by atoms with Gasteiger partial charge in [-0.2, -0.15) is 0 Å². The van der Waals surface area contributed by atoms with E-state index in [9.17, 15) is 53.7 Å². The second kappa shape index (κ2) is 30.7. The fraction of sp³-hybridized carbons (Fsp3) is 0.438. The number of nitrogens with two attached hydrogens (primary N) is 2. The number of carbonyl (C=O) groups is 8. The lowest BCUT2D eigenvalue weighted by atomic mass is 9.76. The third-order valence-electron chi connectivity index (χ3n) is 15.4. The molecule has 24 nitrogen and oxygen atoms in total. The van der Waals surface area contributed by atoms with E-state index in [0.717, 1.165) is 11.1 Å². The Hall–Kier alpha value is -8.84. The van der Waals surface area contributed by atoms with Gasteiger partial charge in [0, 0.05) is 99.2 Å². The molecule has 2 heterocycles. The predicted octanol–water partition coefficient (Wildman–Crippen LogP) is 5.47. The number of carboxylic acids is 2. The molecule has 474 valence electrons. The maximum absolute atomic E-state index is 14.1. The molecule has 0 radical (unpaired) electrons. The van der Waals surface area contributed by atoms with Crippen molar-refractivity contribution < 1.29 is 67.9 Å². The van der Waals surface area contributed by atoms with Gasteiger partial charge >= 0.3 is 18.0 Å². The SMILES string of the molecule is CNC(C(=O)NC(C(=O)N(C)C/C=C(\C)C(=O)O)C(C)(C)C)C(C)(C)c1cccc(NC(=O)OCc2ccc(OC3CC(O)CC(C(=O)O)O3)c(CNC(=O)CCNC(=O)CCCCC(=O)N3Cc4ccccc4/C(N)=C(/N(C)N)c4ccccc43)c2)c1. The molecule has 12 N–H and O–H groups in total. The molecule has 0 spiro atoms. The van der Waals surface area contributed by atoms with E-state index in [0.29, 0.717) is 57.9 Å². The third kappa shape index (κ3) is 18.4. The number of aliphatic hydroxyl groups is 1. The van der Waals surface area contributed by atoms with Crippen LogP contribution in [-0.4, -0.2) is 138 Å². The number of hydrogen-bond acceptors (Lipinski definition) is 16. The number of para-hydroxylation sites is 1. The van der Waals surface area contributed by atoms with E-state index in [1.807, 2.05) is 83.1 Å². The first-order valence-corrected chi connectivity index (χ1v) is 29.1. The van der Waals surface area contributed by atoms with E-state index in [4.69, 9.17) is 25.8 Å². The van der Waals surface area contributed by atoms with Crippen LogP contribution in [0.2, 0.25) is 0 Å². The molecule has 6 amide bonds. The monoisotopic (exact) mass is 1220 g/mol. The maximum atomic E-state index is 14.1. The van der Waals surface area contributed by atoms with Crippen molar-refractivity contribution in [1.29, 1.82) is 0 Å². The molecule has 2 aliphatic rings. The molecule has 88 heavy (non-hydrogen) atoms.